The third-order valence-corrected chi connectivity index (χ3v) is 4.29. The molecule has 1 fully saturated rings. The maximum atomic E-state index is 12.5. The lowest BCUT2D eigenvalue weighted by atomic mass is 10.1. The summed E-state index contributed by atoms with van der Waals surface area (Å²) < 4.78 is 0. The molecule has 24 heavy (non-hydrogen) atoms. The van der Waals surface area contributed by atoms with Crippen LogP contribution in [0.2, 0.25) is 0 Å². The third kappa shape index (κ3) is 2.95. The largest absolute Gasteiger partial charge is 0.334 e. The highest BCUT2D eigenvalue weighted by Gasteiger charge is 2.27. The van der Waals surface area contributed by atoms with Crippen molar-refractivity contribution in [1.82, 2.24) is 25.3 Å². The van der Waals surface area contributed by atoms with E-state index in [2.05, 4.69) is 20.4 Å². The minimum absolute atomic E-state index is 0.0889. The van der Waals surface area contributed by atoms with Crippen LogP contribution in [-0.4, -0.2) is 38.2 Å². The number of H-pyrrole nitrogens is 2. The Morgan fingerprint density at radius 2 is 1.96 bits per heavy atom. The molecule has 4 rings (SSSR count). The van der Waals surface area contributed by atoms with Crippen LogP contribution < -0.4 is 0 Å². The zero-order valence-corrected chi connectivity index (χ0v) is 13.5. The fourth-order valence-electron chi connectivity index (χ4n) is 2.77. The molecule has 0 unspecified atom stereocenters. The first kappa shape index (κ1) is 14.7. The van der Waals surface area contributed by atoms with Crippen molar-refractivity contribution < 1.29 is 4.79 Å². The van der Waals surface area contributed by atoms with Gasteiger partial charge in [0.2, 0.25) is 0 Å². The third-order valence-electron chi connectivity index (χ3n) is 4.29. The molecule has 3 aromatic rings. The van der Waals surface area contributed by atoms with E-state index in [4.69, 9.17) is 0 Å². The lowest BCUT2D eigenvalue weighted by molar-refractivity contribution is 0.0777. The number of hydrogen-bond acceptors (Lipinski definition) is 3. The van der Waals surface area contributed by atoms with Crippen molar-refractivity contribution in [1.29, 1.82) is 0 Å². The van der Waals surface area contributed by atoms with E-state index < -0.39 is 0 Å². The highest BCUT2D eigenvalue weighted by Crippen LogP contribution is 2.39. The molecule has 1 aromatic carbocycles. The first-order valence-electron chi connectivity index (χ1n) is 8.11. The van der Waals surface area contributed by atoms with E-state index in [-0.39, 0.29) is 5.91 Å². The van der Waals surface area contributed by atoms with Crippen molar-refractivity contribution in [3.63, 3.8) is 0 Å². The summed E-state index contributed by atoms with van der Waals surface area (Å²) in [5, 5.41) is 14.5. The molecule has 2 N–H and O–H groups in total. The lowest BCUT2D eigenvalue weighted by Crippen LogP contribution is -2.26. The molecule has 0 spiro atoms. The molecule has 1 amide bonds. The van der Waals surface area contributed by atoms with Gasteiger partial charge in [0.25, 0.3) is 5.91 Å². The van der Waals surface area contributed by atoms with Gasteiger partial charge in [-0.15, -0.1) is 0 Å². The van der Waals surface area contributed by atoms with Crippen LogP contribution >= 0.6 is 0 Å². The first-order valence-corrected chi connectivity index (χ1v) is 8.11. The molecule has 0 saturated heterocycles. The SMILES string of the molecule is CN(Cc1cc(-c2ccccc2)n[nH]1)C(=O)c1cc(C2CC2)[nH]n1. The highest BCUT2D eigenvalue weighted by atomic mass is 16.2. The molecule has 1 saturated carbocycles. The van der Waals surface area contributed by atoms with Gasteiger partial charge in [0, 0.05) is 24.2 Å². The van der Waals surface area contributed by atoms with Crippen molar-refractivity contribution in [2.45, 2.75) is 25.3 Å². The van der Waals surface area contributed by atoms with Crippen molar-refractivity contribution in [2.24, 2.45) is 0 Å². The average Bonchev–Trinajstić information content (AvgIpc) is 3.16. The van der Waals surface area contributed by atoms with E-state index in [1.807, 2.05) is 42.5 Å². The summed E-state index contributed by atoms with van der Waals surface area (Å²) in [4.78, 5) is 14.1. The van der Waals surface area contributed by atoms with Crippen molar-refractivity contribution in [2.75, 3.05) is 7.05 Å². The van der Waals surface area contributed by atoms with E-state index in [9.17, 15) is 4.79 Å². The Kier molecular flexibility index (Phi) is 3.65. The molecular weight excluding hydrogens is 302 g/mol. The van der Waals surface area contributed by atoms with Crippen LogP contribution in [0.5, 0.6) is 0 Å². The maximum Gasteiger partial charge on any atom is 0.274 e. The number of nitrogens with one attached hydrogen (secondary N) is 2. The van der Waals surface area contributed by atoms with Crippen molar-refractivity contribution in [3.8, 4) is 11.3 Å². The number of aromatic nitrogens is 4. The summed E-state index contributed by atoms with van der Waals surface area (Å²) in [6.45, 7) is 0.463. The lowest BCUT2D eigenvalue weighted by Gasteiger charge is -2.14. The van der Waals surface area contributed by atoms with Crippen molar-refractivity contribution >= 4 is 5.91 Å². The smallest absolute Gasteiger partial charge is 0.274 e. The molecule has 6 nitrogen and oxygen atoms in total. The number of carbonyl (C=O) groups excluding carboxylic acids is 1. The molecule has 0 bridgehead atoms. The van der Waals surface area contributed by atoms with Gasteiger partial charge in [0.15, 0.2) is 0 Å². The van der Waals surface area contributed by atoms with Crippen molar-refractivity contribution in [3.05, 3.63) is 59.5 Å². The molecule has 0 aliphatic heterocycles. The molecule has 0 atom stereocenters. The number of nitrogens with zero attached hydrogens (tertiary/aromatic N) is 3. The number of benzene rings is 1. The number of hydrogen-bond donors (Lipinski definition) is 2. The van der Waals surface area contributed by atoms with E-state index in [1.54, 1.807) is 11.9 Å². The molecule has 1 aliphatic rings. The second-order valence-electron chi connectivity index (χ2n) is 6.29. The molecule has 0 radical (unpaired) electrons. The van der Waals surface area contributed by atoms with Gasteiger partial charge in [0.1, 0.15) is 5.69 Å². The normalized spacial score (nSPS) is 13.9. The Morgan fingerprint density at radius 1 is 1.17 bits per heavy atom. The average molecular weight is 321 g/mol. The van der Waals surface area contributed by atoms with Crippen LogP contribution in [0.4, 0.5) is 0 Å². The van der Waals surface area contributed by atoms with E-state index in [0.29, 0.717) is 18.2 Å². The Morgan fingerprint density at radius 3 is 2.71 bits per heavy atom. The van der Waals surface area contributed by atoms with Crippen LogP contribution in [0.1, 0.15) is 40.6 Å². The maximum absolute atomic E-state index is 12.5. The number of rotatable bonds is 5. The van der Waals surface area contributed by atoms with E-state index in [0.717, 1.165) is 22.6 Å². The molecule has 6 heteroatoms. The zero-order chi connectivity index (χ0) is 16.5. The van der Waals surface area contributed by atoms with Gasteiger partial charge in [-0.05, 0) is 25.0 Å². The molecule has 2 aromatic heterocycles. The number of amides is 1. The minimum atomic E-state index is -0.0889. The Hall–Kier alpha value is -2.89. The predicted molar refractivity (Wildman–Crippen MR) is 90.4 cm³/mol. The molecule has 1 aliphatic carbocycles. The van der Waals surface area contributed by atoms with Gasteiger partial charge in [-0.1, -0.05) is 30.3 Å². The van der Waals surface area contributed by atoms with Gasteiger partial charge < -0.3 is 4.90 Å². The van der Waals surface area contributed by atoms with E-state index >= 15 is 0 Å². The molecular formula is C18H19N5O. The van der Waals surface area contributed by atoms with E-state index in [1.165, 1.54) is 12.8 Å². The summed E-state index contributed by atoms with van der Waals surface area (Å²) in [5.74, 6) is 0.472. The fourth-order valence-corrected chi connectivity index (χ4v) is 2.77. The second kappa shape index (κ2) is 5.96. The van der Waals surface area contributed by atoms with Crippen LogP contribution in [0.15, 0.2) is 42.5 Å². The van der Waals surface area contributed by atoms with Gasteiger partial charge in [0.05, 0.1) is 17.9 Å². The Bertz CT molecular complexity index is 847. The monoisotopic (exact) mass is 321 g/mol. The number of aromatic amines is 2. The Balaban J connectivity index is 1.44. The van der Waals surface area contributed by atoms with Crippen LogP contribution in [0, 0.1) is 0 Å². The van der Waals surface area contributed by atoms with Gasteiger partial charge >= 0.3 is 0 Å². The minimum Gasteiger partial charge on any atom is -0.334 e. The predicted octanol–water partition coefficient (Wildman–Crippen LogP) is 2.95. The number of carbonyl (C=O) groups is 1. The molecule has 2 heterocycles. The Labute approximate surface area is 139 Å². The zero-order valence-electron chi connectivity index (χ0n) is 13.5. The highest BCUT2D eigenvalue weighted by molar-refractivity contribution is 5.92. The summed E-state index contributed by atoms with van der Waals surface area (Å²) in [7, 11) is 1.77. The summed E-state index contributed by atoms with van der Waals surface area (Å²) in [6, 6.07) is 13.8. The van der Waals surface area contributed by atoms with Crippen LogP contribution in [-0.2, 0) is 6.54 Å². The van der Waals surface area contributed by atoms with Crippen LogP contribution in [0.3, 0.4) is 0 Å². The molecule has 122 valence electrons. The van der Waals surface area contributed by atoms with Gasteiger partial charge in [-0.25, -0.2) is 0 Å². The quantitative estimate of drug-likeness (QED) is 0.758. The summed E-state index contributed by atoms with van der Waals surface area (Å²) in [5.41, 5.74) is 4.36. The first-order chi connectivity index (χ1) is 11.7. The topological polar surface area (TPSA) is 77.7 Å². The van der Waals surface area contributed by atoms with Gasteiger partial charge in [-0.2, -0.15) is 10.2 Å². The summed E-state index contributed by atoms with van der Waals surface area (Å²) >= 11 is 0. The van der Waals surface area contributed by atoms with Gasteiger partial charge in [-0.3, -0.25) is 15.0 Å². The fraction of sp³-hybridized carbons (Fsp3) is 0.278. The standard InChI is InChI=1S/C18H19N5O/c1-23(18(24)17-10-16(21-22-17)13-7-8-13)11-14-9-15(20-19-14)12-5-3-2-4-6-12/h2-6,9-10,13H,7-8,11H2,1H3,(H,19,20)(H,21,22). The van der Waals surface area contributed by atoms with Crippen LogP contribution in [0.25, 0.3) is 11.3 Å². The summed E-state index contributed by atoms with van der Waals surface area (Å²) in [6.07, 6.45) is 2.37. The second-order valence-corrected chi connectivity index (χ2v) is 6.29.